The summed E-state index contributed by atoms with van der Waals surface area (Å²) >= 11 is 0. The van der Waals surface area contributed by atoms with E-state index in [1.807, 2.05) is 18.3 Å². The smallest absolute Gasteiger partial charge is 0.119 e. The number of ether oxygens (including phenoxy) is 2. The maximum Gasteiger partial charge on any atom is 0.119 e. The summed E-state index contributed by atoms with van der Waals surface area (Å²) in [6.45, 7) is 4.62. The van der Waals surface area contributed by atoms with Crippen LogP contribution in [0.5, 0.6) is 5.75 Å². The average molecular weight is 324 g/mol. The van der Waals surface area contributed by atoms with Crippen molar-refractivity contribution in [3.05, 3.63) is 36.0 Å². The number of fused-ring (bicyclic) bond motifs is 3. The van der Waals surface area contributed by atoms with Crippen molar-refractivity contribution in [3.8, 4) is 5.75 Å². The highest BCUT2D eigenvalue weighted by Crippen LogP contribution is 2.54. The molecule has 1 aromatic heterocycles. The second-order valence-electron chi connectivity index (χ2n) is 7.50. The van der Waals surface area contributed by atoms with Crippen molar-refractivity contribution in [2.45, 2.75) is 43.9 Å². The number of pyridine rings is 1. The number of piperidine rings is 3. The minimum absolute atomic E-state index is 0.0477. The van der Waals surface area contributed by atoms with Crippen molar-refractivity contribution in [2.75, 3.05) is 20.2 Å². The number of aromatic nitrogens is 1. The summed E-state index contributed by atoms with van der Waals surface area (Å²) in [6, 6.07) is 8.78. The average Bonchev–Trinajstić information content (AvgIpc) is 2.66. The third kappa shape index (κ3) is 1.90. The number of benzene rings is 1. The molecule has 0 radical (unpaired) electrons. The van der Waals surface area contributed by atoms with Gasteiger partial charge < -0.3 is 9.47 Å². The summed E-state index contributed by atoms with van der Waals surface area (Å²) < 4.78 is 12.3. The molecule has 4 heteroatoms. The summed E-state index contributed by atoms with van der Waals surface area (Å²) in [6.07, 6.45) is 5.73. The van der Waals surface area contributed by atoms with Crippen LogP contribution in [0.3, 0.4) is 0 Å². The zero-order chi connectivity index (χ0) is 16.3. The normalized spacial score (nSPS) is 37.1. The third-order valence-electron chi connectivity index (χ3n) is 6.57. The molecule has 0 amide bonds. The van der Waals surface area contributed by atoms with Gasteiger partial charge in [-0.3, -0.25) is 9.88 Å². The molecular weight excluding hydrogens is 300 g/mol. The molecule has 5 fully saturated rings. The van der Waals surface area contributed by atoms with Gasteiger partial charge >= 0.3 is 0 Å². The van der Waals surface area contributed by atoms with Crippen LogP contribution in [-0.4, -0.2) is 41.7 Å². The van der Waals surface area contributed by atoms with Gasteiger partial charge in [-0.2, -0.15) is 0 Å². The first kappa shape index (κ1) is 14.7. The Bertz CT molecular complexity index is 792. The molecule has 0 aliphatic carbocycles. The summed E-state index contributed by atoms with van der Waals surface area (Å²) in [7, 11) is 1.72. The Morgan fingerprint density at radius 3 is 3.04 bits per heavy atom. The SMILES string of the molecule is CC[C@]12CN3CC[C@H]1C[C@@H]3[C@H](c1ccnc3ccc(OC)cc13)O2. The molecule has 126 valence electrons. The predicted octanol–water partition coefficient (Wildman–Crippen LogP) is 3.56. The van der Waals surface area contributed by atoms with Crippen LogP contribution in [-0.2, 0) is 4.74 Å². The summed E-state index contributed by atoms with van der Waals surface area (Å²) in [4.78, 5) is 7.21. The Kier molecular flexibility index (Phi) is 3.16. The van der Waals surface area contributed by atoms with Gasteiger partial charge in [-0.05, 0) is 61.6 Å². The number of rotatable bonds is 3. The van der Waals surface area contributed by atoms with Crippen molar-refractivity contribution in [3.63, 3.8) is 0 Å². The molecule has 5 atom stereocenters. The fourth-order valence-electron chi connectivity index (χ4n) is 5.25. The molecular formula is C20H24N2O2. The van der Waals surface area contributed by atoms with Gasteiger partial charge in [0.1, 0.15) is 5.75 Å². The van der Waals surface area contributed by atoms with E-state index < -0.39 is 0 Å². The second-order valence-corrected chi connectivity index (χ2v) is 7.50. The van der Waals surface area contributed by atoms with Gasteiger partial charge in [-0.25, -0.2) is 0 Å². The summed E-state index contributed by atoms with van der Waals surface area (Å²) in [5.74, 6) is 1.61. The van der Waals surface area contributed by atoms with Gasteiger partial charge in [0.05, 0.1) is 24.3 Å². The Hall–Kier alpha value is -1.65. The van der Waals surface area contributed by atoms with Crippen LogP contribution in [0.4, 0.5) is 0 Å². The van der Waals surface area contributed by atoms with Gasteiger partial charge in [0.25, 0.3) is 0 Å². The Morgan fingerprint density at radius 2 is 2.29 bits per heavy atom. The van der Waals surface area contributed by atoms with Crippen LogP contribution in [0.1, 0.15) is 37.9 Å². The van der Waals surface area contributed by atoms with Gasteiger partial charge in [-0.15, -0.1) is 0 Å². The van der Waals surface area contributed by atoms with E-state index in [4.69, 9.17) is 9.47 Å². The van der Waals surface area contributed by atoms with Crippen molar-refractivity contribution >= 4 is 10.9 Å². The van der Waals surface area contributed by atoms with E-state index in [0.717, 1.165) is 35.5 Å². The lowest BCUT2D eigenvalue weighted by atomic mass is 9.66. The third-order valence-corrected chi connectivity index (χ3v) is 6.57. The summed E-state index contributed by atoms with van der Waals surface area (Å²) in [5, 5.41) is 1.16. The molecule has 1 aromatic carbocycles. The first-order chi connectivity index (χ1) is 11.7. The molecule has 0 spiro atoms. The first-order valence-electron chi connectivity index (χ1n) is 9.08. The van der Waals surface area contributed by atoms with Crippen LogP contribution in [0, 0.1) is 5.92 Å². The predicted molar refractivity (Wildman–Crippen MR) is 93.2 cm³/mol. The standard InChI is InChI=1S/C20H24N2O2/c1-3-20-12-22-9-7-13(20)10-18(22)19(24-20)15-6-8-21-17-5-4-14(23-2)11-16(15)17/h4-6,8,11,13,18-19H,3,7,9-10,12H2,1-2H3/t13-,18+,19-,20-/m0/s1. The molecule has 2 aromatic rings. The highest BCUT2D eigenvalue weighted by molar-refractivity contribution is 5.84. The lowest BCUT2D eigenvalue weighted by molar-refractivity contribution is -0.274. The molecule has 0 N–H and O–H groups in total. The number of methoxy groups -OCH3 is 1. The fourth-order valence-corrected chi connectivity index (χ4v) is 5.25. The Morgan fingerprint density at radius 1 is 1.38 bits per heavy atom. The van der Waals surface area contributed by atoms with E-state index in [-0.39, 0.29) is 11.7 Å². The van der Waals surface area contributed by atoms with Gasteiger partial charge in [0, 0.05) is 24.2 Å². The van der Waals surface area contributed by atoms with Crippen molar-refractivity contribution in [2.24, 2.45) is 5.92 Å². The lowest BCUT2D eigenvalue weighted by Gasteiger charge is -2.64. The van der Waals surface area contributed by atoms with Gasteiger partial charge in [0.15, 0.2) is 0 Å². The topological polar surface area (TPSA) is 34.6 Å². The molecule has 7 rings (SSSR count). The maximum atomic E-state index is 6.81. The van der Waals surface area contributed by atoms with E-state index in [1.165, 1.54) is 24.9 Å². The molecule has 6 heterocycles. The molecule has 5 aliphatic heterocycles. The summed E-state index contributed by atoms with van der Waals surface area (Å²) in [5.41, 5.74) is 2.34. The zero-order valence-electron chi connectivity index (χ0n) is 14.4. The molecule has 1 unspecified atom stereocenters. The van der Waals surface area contributed by atoms with E-state index in [0.29, 0.717) is 6.04 Å². The molecule has 5 aliphatic rings. The number of nitrogens with zero attached hydrogens (tertiary/aromatic N) is 2. The highest BCUT2D eigenvalue weighted by Gasteiger charge is 2.58. The Balaban J connectivity index is 1.63. The van der Waals surface area contributed by atoms with Crippen LogP contribution in [0.15, 0.2) is 30.5 Å². The van der Waals surface area contributed by atoms with E-state index in [9.17, 15) is 0 Å². The molecule has 4 nitrogen and oxygen atoms in total. The largest absolute Gasteiger partial charge is 0.497 e. The molecule has 24 heavy (non-hydrogen) atoms. The molecule has 5 saturated heterocycles. The van der Waals surface area contributed by atoms with Crippen LogP contribution < -0.4 is 4.74 Å². The fraction of sp³-hybridized carbons (Fsp3) is 0.550. The molecule has 0 saturated carbocycles. The molecule has 4 bridgehead atoms. The quantitative estimate of drug-likeness (QED) is 0.865. The zero-order valence-corrected chi connectivity index (χ0v) is 14.4. The first-order valence-corrected chi connectivity index (χ1v) is 9.08. The van der Waals surface area contributed by atoms with E-state index >= 15 is 0 Å². The maximum absolute atomic E-state index is 6.81. The minimum Gasteiger partial charge on any atom is -0.497 e. The minimum atomic E-state index is 0.0477. The number of hydrogen-bond acceptors (Lipinski definition) is 4. The van der Waals surface area contributed by atoms with Crippen LogP contribution >= 0.6 is 0 Å². The van der Waals surface area contributed by atoms with E-state index in [1.54, 1.807) is 7.11 Å². The van der Waals surface area contributed by atoms with E-state index in [2.05, 4.69) is 28.9 Å². The monoisotopic (exact) mass is 324 g/mol. The van der Waals surface area contributed by atoms with Crippen molar-refractivity contribution < 1.29 is 9.47 Å². The number of hydrogen-bond donors (Lipinski definition) is 0. The lowest BCUT2D eigenvalue weighted by Crippen LogP contribution is -2.70. The van der Waals surface area contributed by atoms with Gasteiger partial charge in [0.2, 0.25) is 0 Å². The Labute approximate surface area is 142 Å². The van der Waals surface area contributed by atoms with Crippen LogP contribution in [0.25, 0.3) is 10.9 Å². The van der Waals surface area contributed by atoms with Gasteiger partial charge in [-0.1, -0.05) is 6.92 Å². The van der Waals surface area contributed by atoms with Crippen molar-refractivity contribution in [1.82, 2.24) is 9.88 Å². The van der Waals surface area contributed by atoms with Crippen molar-refractivity contribution in [1.29, 1.82) is 0 Å². The highest BCUT2D eigenvalue weighted by atomic mass is 16.5. The number of morpholine rings is 1. The van der Waals surface area contributed by atoms with Crippen LogP contribution in [0.2, 0.25) is 0 Å². The second kappa shape index (κ2) is 5.17.